The predicted molar refractivity (Wildman–Crippen MR) is 108 cm³/mol. The minimum absolute atomic E-state index is 0.0213. The van der Waals surface area contributed by atoms with Crippen molar-refractivity contribution in [2.24, 2.45) is 11.3 Å². The Morgan fingerprint density at radius 1 is 1.10 bits per heavy atom. The third-order valence-electron chi connectivity index (χ3n) is 5.47. The molecule has 2 aromatic carbocycles. The Labute approximate surface area is 178 Å². The maximum Gasteiger partial charge on any atom is 0.534 e. The molecule has 1 aliphatic rings. The predicted octanol–water partition coefficient (Wildman–Crippen LogP) is 4.74. The van der Waals surface area contributed by atoms with Gasteiger partial charge in [-0.15, -0.1) is 0 Å². The van der Waals surface area contributed by atoms with Crippen LogP contribution in [0.2, 0.25) is 0 Å². The number of allylic oxidation sites excluding steroid dienone is 2. The first-order valence-corrected chi connectivity index (χ1v) is 11.0. The van der Waals surface area contributed by atoms with E-state index in [0.29, 0.717) is 24.8 Å². The summed E-state index contributed by atoms with van der Waals surface area (Å²) >= 11 is 0. The molecule has 9 heteroatoms. The zero-order chi connectivity index (χ0) is 22.7. The summed E-state index contributed by atoms with van der Waals surface area (Å²) in [5.74, 6) is -1.86. The van der Waals surface area contributed by atoms with Crippen LogP contribution in [0.15, 0.2) is 66.7 Å². The highest BCUT2D eigenvalue weighted by molar-refractivity contribution is 7.88. The van der Waals surface area contributed by atoms with Crippen LogP contribution < -0.4 is 4.18 Å². The zero-order valence-corrected chi connectivity index (χ0v) is 17.2. The van der Waals surface area contributed by atoms with E-state index in [9.17, 15) is 31.5 Å². The van der Waals surface area contributed by atoms with Gasteiger partial charge in [0.05, 0.1) is 5.41 Å². The number of rotatable bonds is 7. The first kappa shape index (κ1) is 22.9. The Bertz CT molecular complexity index is 1060. The lowest BCUT2D eigenvalue weighted by Crippen LogP contribution is -2.42. The maximum atomic E-state index is 12.6. The summed E-state index contributed by atoms with van der Waals surface area (Å²) in [5.41, 5.74) is -5.39. The number of carbonyl (C=O) groups is 1. The topological polar surface area (TPSA) is 80.7 Å². The van der Waals surface area contributed by atoms with Gasteiger partial charge >= 0.3 is 21.6 Å². The Morgan fingerprint density at radius 2 is 1.77 bits per heavy atom. The Kier molecular flexibility index (Phi) is 6.45. The SMILES string of the molecule is O=C(O)C1(Cc2cccc(OS(=O)(=O)C(F)(F)F)c2)CCC=CC1Cc1ccccc1. The third-order valence-corrected chi connectivity index (χ3v) is 6.45. The van der Waals surface area contributed by atoms with Crippen molar-refractivity contribution in [2.75, 3.05) is 0 Å². The number of carboxylic acid groups (broad SMARTS) is 1. The lowest BCUT2D eigenvalue weighted by Gasteiger charge is -2.38. The molecule has 0 saturated carbocycles. The molecule has 1 N–H and O–H groups in total. The van der Waals surface area contributed by atoms with Crippen LogP contribution in [0.25, 0.3) is 0 Å². The number of halogens is 3. The van der Waals surface area contributed by atoms with Crippen molar-refractivity contribution < 1.29 is 35.7 Å². The Morgan fingerprint density at radius 3 is 2.42 bits per heavy atom. The fourth-order valence-corrected chi connectivity index (χ4v) is 4.36. The van der Waals surface area contributed by atoms with E-state index in [4.69, 9.17) is 0 Å². The molecule has 0 fully saturated rings. The van der Waals surface area contributed by atoms with Crippen molar-refractivity contribution in [3.05, 3.63) is 77.9 Å². The molecule has 0 saturated heterocycles. The quantitative estimate of drug-likeness (QED) is 0.371. The van der Waals surface area contributed by atoms with E-state index in [0.717, 1.165) is 17.7 Å². The molecule has 0 radical (unpaired) electrons. The van der Waals surface area contributed by atoms with Crippen LogP contribution in [0, 0.1) is 11.3 Å². The summed E-state index contributed by atoms with van der Waals surface area (Å²) in [6, 6.07) is 14.5. The first-order chi connectivity index (χ1) is 14.5. The molecule has 0 amide bonds. The van der Waals surface area contributed by atoms with Gasteiger partial charge in [-0.3, -0.25) is 4.79 Å². The molecule has 31 heavy (non-hydrogen) atoms. The minimum Gasteiger partial charge on any atom is -0.481 e. The van der Waals surface area contributed by atoms with Crippen molar-refractivity contribution in [3.8, 4) is 5.75 Å². The highest BCUT2D eigenvalue weighted by atomic mass is 32.2. The Balaban J connectivity index is 1.90. The largest absolute Gasteiger partial charge is 0.534 e. The highest BCUT2D eigenvalue weighted by Gasteiger charge is 2.49. The second-order valence-corrected chi connectivity index (χ2v) is 9.07. The Hall–Kier alpha value is -2.81. The van der Waals surface area contributed by atoms with E-state index in [1.807, 2.05) is 42.5 Å². The van der Waals surface area contributed by atoms with Crippen molar-refractivity contribution >= 4 is 16.1 Å². The van der Waals surface area contributed by atoms with Crippen molar-refractivity contribution in [1.82, 2.24) is 0 Å². The van der Waals surface area contributed by atoms with E-state index < -0.39 is 32.8 Å². The molecule has 2 unspecified atom stereocenters. The van der Waals surface area contributed by atoms with E-state index in [2.05, 4.69) is 4.18 Å². The van der Waals surface area contributed by atoms with Crippen LogP contribution in [-0.4, -0.2) is 25.0 Å². The molecule has 0 bridgehead atoms. The summed E-state index contributed by atoms with van der Waals surface area (Å²) in [7, 11) is -5.81. The van der Waals surface area contributed by atoms with Gasteiger partial charge in [0.2, 0.25) is 0 Å². The second kappa shape index (κ2) is 8.74. The maximum absolute atomic E-state index is 12.6. The van der Waals surface area contributed by atoms with Crippen LogP contribution in [0.5, 0.6) is 5.75 Å². The van der Waals surface area contributed by atoms with Crippen molar-refractivity contribution in [2.45, 2.75) is 31.2 Å². The van der Waals surface area contributed by atoms with Gasteiger partial charge in [-0.1, -0.05) is 54.6 Å². The summed E-state index contributed by atoms with van der Waals surface area (Å²) < 4.78 is 64.7. The average molecular weight is 454 g/mol. The van der Waals surface area contributed by atoms with E-state index in [-0.39, 0.29) is 12.3 Å². The zero-order valence-electron chi connectivity index (χ0n) is 16.4. The summed E-state index contributed by atoms with van der Waals surface area (Å²) in [6.07, 6.45) is 5.22. The summed E-state index contributed by atoms with van der Waals surface area (Å²) in [5, 5.41) is 10.2. The van der Waals surface area contributed by atoms with Gasteiger partial charge in [-0.25, -0.2) is 0 Å². The van der Waals surface area contributed by atoms with Crippen molar-refractivity contribution in [3.63, 3.8) is 0 Å². The first-order valence-electron chi connectivity index (χ1n) is 9.57. The number of aliphatic carboxylic acids is 1. The molecule has 2 aromatic rings. The van der Waals surface area contributed by atoms with Gasteiger partial charge in [0.1, 0.15) is 5.75 Å². The summed E-state index contributed by atoms with van der Waals surface area (Å²) in [4.78, 5) is 12.4. The fourth-order valence-electron chi connectivity index (χ4n) is 3.91. The van der Waals surface area contributed by atoms with E-state index in [1.165, 1.54) is 6.07 Å². The standard InChI is InChI=1S/C22H21F3O5S/c23-22(24,25)31(28,29)30-19-11-6-9-17(14-19)15-21(20(26)27)12-5-4-10-18(21)13-16-7-2-1-3-8-16/h1-4,6-11,14,18H,5,12-13,15H2,(H,26,27). The van der Waals surface area contributed by atoms with Gasteiger partial charge in [0, 0.05) is 0 Å². The van der Waals surface area contributed by atoms with Crippen LogP contribution >= 0.6 is 0 Å². The minimum atomic E-state index is -5.81. The lowest BCUT2D eigenvalue weighted by molar-refractivity contribution is -0.152. The van der Waals surface area contributed by atoms with E-state index in [1.54, 1.807) is 6.07 Å². The molecule has 0 heterocycles. The molecule has 5 nitrogen and oxygen atoms in total. The third kappa shape index (κ3) is 5.10. The van der Waals surface area contributed by atoms with Crippen molar-refractivity contribution in [1.29, 1.82) is 0 Å². The van der Waals surface area contributed by atoms with Crippen LogP contribution in [0.1, 0.15) is 24.0 Å². The second-order valence-electron chi connectivity index (χ2n) is 7.53. The molecule has 0 aliphatic heterocycles. The highest BCUT2D eigenvalue weighted by Crippen LogP contribution is 2.43. The van der Waals surface area contributed by atoms with Crippen LogP contribution in [0.3, 0.4) is 0 Å². The van der Waals surface area contributed by atoms with Gasteiger partial charge in [-0.05, 0) is 54.9 Å². The van der Waals surface area contributed by atoms with Crippen LogP contribution in [0.4, 0.5) is 13.2 Å². The van der Waals surface area contributed by atoms with Crippen LogP contribution in [-0.2, 0) is 27.8 Å². The van der Waals surface area contributed by atoms with Gasteiger partial charge < -0.3 is 9.29 Å². The smallest absolute Gasteiger partial charge is 0.481 e. The molecule has 1 aliphatic carbocycles. The fraction of sp³-hybridized carbons (Fsp3) is 0.318. The number of carboxylic acids is 1. The number of alkyl halides is 3. The molecule has 2 atom stereocenters. The van der Waals surface area contributed by atoms with Gasteiger partial charge in [0.25, 0.3) is 0 Å². The monoisotopic (exact) mass is 454 g/mol. The molecule has 0 aromatic heterocycles. The number of benzene rings is 2. The molecule has 0 spiro atoms. The molecule has 166 valence electrons. The van der Waals surface area contributed by atoms with Gasteiger partial charge in [-0.2, -0.15) is 21.6 Å². The molecular formula is C22H21F3O5S. The van der Waals surface area contributed by atoms with E-state index >= 15 is 0 Å². The lowest BCUT2D eigenvalue weighted by atomic mass is 9.64. The number of hydrogen-bond acceptors (Lipinski definition) is 4. The molecular weight excluding hydrogens is 433 g/mol. The average Bonchev–Trinajstić information content (AvgIpc) is 2.69. The normalized spacial score (nSPS) is 21.6. The molecule has 3 rings (SSSR count). The van der Waals surface area contributed by atoms with Gasteiger partial charge in [0.15, 0.2) is 0 Å². The summed E-state index contributed by atoms with van der Waals surface area (Å²) in [6.45, 7) is 0. The number of hydrogen-bond donors (Lipinski definition) is 1.